The van der Waals surface area contributed by atoms with Crippen LogP contribution in [0.5, 0.6) is 0 Å². The summed E-state index contributed by atoms with van der Waals surface area (Å²) < 4.78 is 8.07. The molecule has 27 heavy (non-hydrogen) atoms. The number of carbonyl (C=O) groups is 1. The second-order valence-corrected chi connectivity index (χ2v) is 7.41. The summed E-state index contributed by atoms with van der Waals surface area (Å²) in [5, 5.41) is 4.58. The Morgan fingerprint density at radius 2 is 2.07 bits per heavy atom. The molecule has 1 amide bonds. The third kappa shape index (κ3) is 3.62. The van der Waals surface area contributed by atoms with Gasteiger partial charge in [0.2, 0.25) is 0 Å². The molecule has 2 aromatic heterocycles. The van der Waals surface area contributed by atoms with E-state index < -0.39 is 0 Å². The number of fused-ring (bicyclic) bond motifs is 1. The van der Waals surface area contributed by atoms with Gasteiger partial charge in [0.1, 0.15) is 12.1 Å². The first-order chi connectivity index (χ1) is 13.1. The minimum absolute atomic E-state index is 0.241. The molecule has 7 nitrogen and oxygen atoms in total. The van der Waals surface area contributed by atoms with E-state index in [0.717, 1.165) is 34.8 Å². The Morgan fingerprint density at radius 1 is 1.26 bits per heavy atom. The van der Waals surface area contributed by atoms with Crippen LogP contribution >= 0.6 is 15.9 Å². The Balaban J connectivity index is 1.56. The smallest absolute Gasteiger partial charge is 0.410 e. The first-order valence-corrected chi connectivity index (χ1v) is 9.70. The fourth-order valence-electron chi connectivity index (χ4n) is 3.39. The van der Waals surface area contributed by atoms with E-state index in [4.69, 9.17) is 10.5 Å². The molecule has 0 unspecified atom stereocenters. The number of hydrogen-bond acceptors (Lipinski definition) is 5. The van der Waals surface area contributed by atoms with Crippen LogP contribution in [-0.4, -0.2) is 32.1 Å². The number of piperidine rings is 1. The van der Waals surface area contributed by atoms with Crippen LogP contribution in [-0.2, 0) is 11.3 Å². The average molecular weight is 430 g/mol. The number of nitrogens with zero attached hydrogens (tertiary/aromatic N) is 4. The van der Waals surface area contributed by atoms with E-state index in [-0.39, 0.29) is 18.7 Å². The lowest BCUT2D eigenvalue weighted by molar-refractivity contribution is 0.0655. The van der Waals surface area contributed by atoms with Gasteiger partial charge in [0, 0.05) is 17.2 Å². The van der Waals surface area contributed by atoms with Crippen molar-refractivity contribution in [3.05, 3.63) is 58.5 Å². The average Bonchev–Trinajstić information content (AvgIpc) is 3.08. The van der Waals surface area contributed by atoms with Crippen molar-refractivity contribution < 1.29 is 9.53 Å². The van der Waals surface area contributed by atoms with E-state index in [1.165, 1.54) is 0 Å². The van der Waals surface area contributed by atoms with E-state index in [0.29, 0.717) is 18.2 Å². The minimum Gasteiger partial charge on any atom is -0.445 e. The highest BCUT2D eigenvalue weighted by molar-refractivity contribution is 9.10. The molecule has 3 aromatic rings. The van der Waals surface area contributed by atoms with E-state index in [1.54, 1.807) is 9.42 Å². The number of amides is 1. The molecule has 0 bridgehead atoms. The van der Waals surface area contributed by atoms with Gasteiger partial charge >= 0.3 is 6.09 Å². The second kappa shape index (κ2) is 7.56. The first-order valence-electron chi connectivity index (χ1n) is 8.91. The Bertz CT molecular complexity index is 959. The van der Waals surface area contributed by atoms with E-state index >= 15 is 0 Å². The Labute approximate surface area is 165 Å². The summed E-state index contributed by atoms with van der Waals surface area (Å²) in [6.07, 6.45) is 4.20. The maximum atomic E-state index is 12.7. The highest BCUT2D eigenvalue weighted by atomic mass is 79.9. The third-order valence-corrected chi connectivity index (χ3v) is 5.39. The van der Waals surface area contributed by atoms with Crippen LogP contribution in [0, 0.1) is 0 Å². The molecular formula is C19H20BrN5O2. The number of halogens is 1. The maximum absolute atomic E-state index is 12.7. The van der Waals surface area contributed by atoms with Crippen molar-refractivity contribution in [2.45, 2.75) is 31.9 Å². The molecule has 8 heteroatoms. The number of nitrogens with two attached hydrogens (primary N) is 1. The standard InChI is InChI=1S/C19H20BrN5O2/c20-14-9-11-25-16(14)17(21)22-18(23-25)15-8-4-5-10-24(15)19(26)27-12-13-6-2-1-3-7-13/h1-3,6-7,9,11,15H,4-5,8,10,12H2,(H2,21,22,23)/t15-/m1/s1. The number of benzene rings is 1. The number of rotatable bonds is 3. The lowest BCUT2D eigenvalue weighted by Crippen LogP contribution is -2.39. The van der Waals surface area contributed by atoms with Gasteiger partial charge in [0.25, 0.3) is 0 Å². The summed E-state index contributed by atoms with van der Waals surface area (Å²) in [5.41, 5.74) is 7.81. The minimum atomic E-state index is -0.348. The molecule has 0 spiro atoms. The molecule has 0 saturated carbocycles. The van der Waals surface area contributed by atoms with Crippen molar-refractivity contribution >= 4 is 33.4 Å². The molecule has 2 N–H and O–H groups in total. The van der Waals surface area contributed by atoms with Crippen molar-refractivity contribution in [2.24, 2.45) is 0 Å². The highest BCUT2D eigenvalue weighted by Crippen LogP contribution is 2.31. The topological polar surface area (TPSA) is 85.8 Å². The van der Waals surface area contributed by atoms with Gasteiger partial charge in [-0.1, -0.05) is 30.3 Å². The summed E-state index contributed by atoms with van der Waals surface area (Å²) in [5.74, 6) is 0.930. The summed E-state index contributed by atoms with van der Waals surface area (Å²) in [6, 6.07) is 11.3. The lowest BCUT2D eigenvalue weighted by Gasteiger charge is -2.33. The number of aromatic nitrogens is 3. The lowest BCUT2D eigenvalue weighted by atomic mass is 10.0. The SMILES string of the molecule is Nc1nc([C@H]2CCCCN2C(=O)OCc2ccccc2)nn2ccc(Br)c12. The van der Waals surface area contributed by atoms with Crippen LogP contribution in [0.25, 0.3) is 5.52 Å². The van der Waals surface area contributed by atoms with Gasteiger partial charge in [0.15, 0.2) is 11.6 Å². The predicted octanol–water partition coefficient (Wildman–Crippen LogP) is 3.94. The normalized spacial score (nSPS) is 17.2. The van der Waals surface area contributed by atoms with Crippen molar-refractivity contribution in [2.75, 3.05) is 12.3 Å². The van der Waals surface area contributed by atoms with Gasteiger partial charge in [-0.25, -0.2) is 14.3 Å². The zero-order valence-corrected chi connectivity index (χ0v) is 16.3. The number of anilines is 1. The van der Waals surface area contributed by atoms with Gasteiger partial charge in [-0.2, -0.15) is 5.10 Å². The van der Waals surface area contributed by atoms with Gasteiger partial charge in [0.05, 0.1) is 6.04 Å². The van der Waals surface area contributed by atoms with Gasteiger partial charge in [-0.15, -0.1) is 0 Å². The van der Waals surface area contributed by atoms with Crippen LogP contribution in [0.1, 0.15) is 36.7 Å². The van der Waals surface area contributed by atoms with Crippen molar-refractivity contribution in [3.8, 4) is 0 Å². The molecule has 1 aliphatic heterocycles. The molecular weight excluding hydrogens is 410 g/mol. The summed E-state index contributed by atoms with van der Waals surface area (Å²) in [4.78, 5) is 18.9. The highest BCUT2D eigenvalue weighted by Gasteiger charge is 2.32. The van der Waals surface area contributed by atoms with Crippen LogP contribution < -0.4 is 5.73 Å². The number of hydrogen-bond donors (Lipinski definition) is 1. The summed E-state index contributed by atoms with van der Waals surface area (Å²) in [7, 11) is 0. The Morgan fingerprint density at radius 3 is 2.89 bits per heavy atom. The molecule has 4 rings (SSSR count). The maximum Gasteiger partial charge on any atom is 0.410 e. The van der Waals surface area contributed by atoms with Crippen LogP contribution in [0.4, 0.5) is 10.6 Å². The largest absolute Gasteiger partial charge is 0.445 e. The molecule has 0 aliphatic carbocycles. The number of likely N-dealkylation sites (tertiary alicyclic amines) is 1. The molecule has 3 heterocycles. The van der Waals surface area contributed by atoms with Crippen LogP contribution in [0.2, 0.25) is 0 Å². The number of nitrogen functional groups attached to an aromatic ring is 1. The zero-order valence-electron chi connectivity index (χ0n) is 14.7. The molecule has 140 valence electrons. The zero-order chi connectivity index (χ0) is 18.8. The Kier molecular flexibility index (Phi) is 4.98. The van der Waals surface area contributed by atoms with E-state index in [9.17, 15) is 4.79 Å². The monoisotopic (exact) mass is 429 g/mol. The molecule has 1 aromatic carbocycles. The quantitative estimate of drug-likeness (QED) is 0.681. The fraction of sp³-hybridized carbons (Fsp3) is 0.316. The molecule has 1 fully saturated rings. The van der Waals surface area contributed by atoms with E-state index in [1.807, 2.05) is 42.6 Å². The molecule has 1 saturated heterocycles. The van der Waals surface area contributed by atoms with Gasteiger partial charge in [-0.05, 0) is 46.8 Å². The van der Waals surface area contributed by atoms with Crippen molar-refractivity contribution in [3.63, 3.8) is 0 Å². The second-order valence-electron chi connectivity index (χ2n) is 6.56. The van der Waals surface area contributed by atoms with Gasteiger partial charge < -0.3 is 10.5 Å². The fourth-order valence-corrected chi connectivity index (χ4v) is 3.90. The number of carbonyl (C=O) groups excluding carboxylic acids is 1. The Hall–Kier alpha value is -2.61. The predicted molar refractivity (Wildman–Crippen MR) is 105 cm³/mol. The van der Waals surface area contributed by atoms with Crippen molar-refractivity contribution in [1.29, 1.82) is 0 Å². The molecule has 1 atom stereocenters. The summed E-state index contributed by atoms with van der Waals surface area (Å²) in [6.45, 7) is 0.866. The third-order valence-electron chi connectivity index (χ3n) is 4.75. The summed E-state index contributed by atoms with van der Waals surface area (Å²) >= 11 is 3.45. The van der Waals surface area contributed by atoms with Gasteiger partial charge in [-0.3, -0.25) is 4.90 Å². The van der Waals surface area contributed by atoms with Crippen molar-refractivity contribution in [1.82, 2.24) is 19.5 Å². The van der Waals surface area contributed by atoms with Crippen LogP contribution in [0.15, 0.2) is 47.1 Å². The van der Waals surface area contributed by atoms with Crippen LogP contribution in [0.3, 0.4) is 0 Å². The molecule has 1 aliphatic rings. The van der Waals surface area contributed by atoms with E-state index in [2.05, 4.69) is 26.0 Å². The molecule has 0 radical (unpaired) electrons. The number of ether oxygens (including phenoxy) is 1. The first kappa shape index (κ1) is 17.8.